The number of amides is 1. The fourth-order valence-electron chi connectivity index (χ4n) is 1.79. The van der Waals surface area contributed by atoms with Crippen molar-refractivity contribution in [3.8, 4) is 0 Å². The van der Waals surface area contributed by atoms with Crippen LogP contribution in [0.25, 0.3) is 0 Å². The number of carbonyl (C=O) groups excluding carboxylic acids is 1. The molecule has 0 aliphatic carbocycles. The Kier molecular flexibility index (Phi) is 4.54. The van der Waals surface area contributed by atoms with Crippen molar-refractivity contribution in [2.75, 3.05) is 13.1 Å². The summed E-state index contributed by atoms with van der Waals surface area (Å²) in [4.78, 5) is 13.7. The van der Waals surface area contributed by atoms with Gasteiger partial charge < -0.3 is 15.7 Å². The Balaban J connectivity index is 2.46. The number of hydrogen-bond acceptors (Lipinski definition) is 3. The van der Waals surface area contributed by atoms with Gasteiger partial charge in [0.25, 0.3) is 0 Å². The van der Waals surface area contributed by atoms with E-state index in [0.29, 0.717) is 25.9 Å². The van der Waals surface area contributed by atoms with E-state index in [2.05, 4.69) is 0 Å². The van der Waals surface area contributed by atoms with Crippen molar-refractivity contribution in [3.05, 3.63) is 0 Å². The SMILES string of the molecule is CCC(C)[C@H](N)C(=O)N1CCC(O)CC1. The van der Waals surface area contributed by atoms with Gasteiger partial charge in [-0.15, -0.1) is 0 Å². The second-order valence-electron chi connectivity index (χ2n) is 4.47. The van der Waals surface area contributed by atoms with E-state index in [4.69, 9.17) is 5.73 Å². The third kappa shape index (κ3) is 3.18. The first-order chi connectivity index (χ1) is 7.06. The lowest BCUT2D eigenvalue weighted by atomic mass is 9.97. The molecule has 15 heavy (non-hydrogen) atoms. The maximum Gasteiger partial charge on any atom is 0.239 e. The molecule has 0 saturated carbocycles. The van der Waals surface area contributed by atoms with E-state index in [0.717, 1.165) is 6.42 Å². The fourth-order valence-corrected chi connectivity index (χ4v) is 1.79. The Morgan fingerprint density at radius 1 is 1.53 bits per heavy atom. The van der Waals surface area contributed by atoms with Crippen LogP contribution >= 0.6 is 0 Å². The molecule has 2 atom stereocenters. The molecule has 4 heteroatoms. The number of piperidine rings is 1. The van der Waals surface area contributed by atoms with Crippen molar-refractivity contribution < 1.29 is 9.90 Å². The van der Waals surface area contributed by atoms with Gasteiger partial charge in [0, 0.05) is 13.1 Å². The summed E-state index contributed by atoms with van der Waals surface area (Å²) in [7, 11) is 0. The number of hydrogen-bond donors (Lipinski definition) is 2. The van der Waals surface area contributed by atoms with Gasteiger partial charge >= 0.3 is 0 Å². The molecule has 0 aromatic rings. The van der Waals surface area contributed by atoms with E-state index < -0.39 is 0 Å². The molecule has 1 heterocycles. The number of aliphatic hydroxyl groups is 1. The number of nitrogens with two attached hydrogens (primary N) is 1. The predicted octanol–water partition coefficient (Wildman–Crippen LogP) is 0.343. The zero-order valence-corrected chi connectivity index (χ0v) is 9.65. The summed E-state index contributed by atoms with van der Waals surface area (Å²) >= 11 is 0. The maximum atomic E-state index is 11.9. The van der Waals surface area contributed by atoms with Gasteiger partial charge in [-0.3, -0.25) is 4.79 Å². The average Bonchev–Trinajstić information content (AvgIpc) is 2.27. The lowest BCUT2D eigenvalue weighted by Gasteiger charge is -2.32. The number of likely N-dealkylation sites (tertiary alicyclic amines) is 1. The van der Waals surface area contributed by atoms with E-state index in [1.165, 1.54) is 0 Å². The molecule has 1 unspecified atom stereocenters. The summed E-state index contributed by atoms with van der Waals surface area (Å²) in [5, 5.41) is 9.33. The highest BCUT2D eigenvalue weighted by molar-refractivity contribution is 5.82. The van der Waals surface area contributed by atoms with Crippen LogP contribution in [0.2, 0.25) is 0 Å². The lowest BCUT2D eigenvalue weighted by Crippen LogP contribution is -2.50. The first-order valence-corrected chi connectivity index (χ1v) is 5.78. The third-order valence-corrected chi connectivity index (χ3v) is 3.32. The smallest absolute Gasteiger partial charge is 0.239 e. The molecule has 88 valence electrons. The van der Waals surface area contributed by atoms with E-state index in [-0.39, 0.29) is 24.0 Å². The van der Waals surface area contributed by atoms with Crippen molar-refractivity contribution >= 4 is 5.91 Å². The molecule has 1 rings (SSSR count). The highest BCUT2D eigenvalue weighted by atomic mass is 16.3. The van der Waals surface area contributed by atoms with Gasteiger partial charge in [-0.25, -0.2) is 0 Å². The van der Waals surface area contributed by atoms with Gasteiger partial charge in [0.15, 0.2) is 0 Å². The van der Waals surface area contributed by atoms with Crippen LogP contribution < -0.4 is 5.73 Å². The van der Waals surface area contributed by atoms with Crippen LogP contribution in [0.15, 0.2) is 0 Å². The number of aliphatic hydroxyl groups excluding tert-OH is 1. The standard InChI is InChI=1S/C11H22N2O2/c1-3-8(2)10(12)11(15)13-6-4-9(14)5-7-13/h8-10,14H,3-7,12H2,1-2H3/t8?,10-/m0/s1. The largest absolute Gasteiger partial charge is 0.393 e. The summed E-state index contributed by atoms with van der Waals surface area (Å²) in [5.41, 5.74) is 5.88. The van der Waals surface area contributed by atoms with Crippen LogP contribution in [0, 0.1) is 5.92 Å². The molecule has 4 nitrogen and oxygen atoms in total. The Labute approximate surface area is 91.4 Å². The first kappa shape index (κ1) is 12.5. The molecular formula is C11H22N2O2. The summed E-state index contributed by atoms with van der Waals surface area (Å²) in [6.45, 7) is 5.33. The molecule has 0 aromatic heterocycles. The van der Waals surface area contributed by atoms with Gasteiger partial charge in [-0.1, -0.05) is 20.3 Å². The van der Waals surface area contributed by atoms with Crippen LogP contribution in [-0.4, -0.2) is 41.1 Å². The lowest BCUT2D eigenvalue weighted by molar-refractivity contribution is -0.135. The molecular weight excluding hydrogens is 192 g/mol. The van der Waals surface area contributed by atoms with Gasteiger partial charge in [-0.05, 0) is 18.8 Å². The van der Waals surface area contributed by atoms with Gasteiger partial charge in [-0.2, -0.15) is 0 Å². The number of carbonyl (C=O) groups is 1. The minimum atomic E-state index is -0.384. The zero-order valence-electron chi connectivity index (χ0n) is 9.65. The Morgan fingerprint density at radius 3 is 2.53 bits per heavy atom. The minimum absolute atomic E-state index is 0.0382. The van der Waals surface area contributed by atoms with Crippen LogP contribution in [0.4, 0.5) is 0 Å². The highest BCUT2D eigenvalue weighted by Gasteiger charge is 2.27. The van der Waals surface area contributed by atoms with E-state index in [9.17, 15) is 9.90 Å². The molecule has 1 aliphatic heterocycles. The molecule has 3 N–H and O–H groups in total. The van der Waals surface area contributed by atoms with Crippen molar-refractivity contribution in [2.24, 2.45) is 11.7 Å². The topological polar surface area (TPSA) is 66.6 Å². The minimum Gasteiger partial charge on any atom is -0.393 e. The average molecular weight is 214 g/mol. The second-order valence-corrected chi connectivity index (χ2v) is 4.47. The molecule has 1 fully saturated rings. The fraction of sp³-hybridized carbons (Fsp3) is 0.909. The van der Waals surface area contributed by atoms with Crippen molar-refractivity contribution in [2.45, 2.75) is 45.3 Å². The summed E-state index contributed by atoms with van der Waals surface area (Å²) in [6, 6.07) is -0.384. The molecule has 0 radical (unpaired) electrons. The summed E-state index contributed by atoms with van der Waals surface area (Å²) in [6.07, 6.45) is 2.04. The molecule has 0 aromatic carbocycles. The first-order valence-electron chi connectivity index (χ1n) is 5.78. The molecule has 0 bridgehead atoms. The van der Waals surface area contributed by atoms with Crippen LogP contribution in [0.5, 0.6) is 0 Å². The maximum absolute atomic E-state index is 11.9. The Bertz CT molecular complexity index is 213. The third-order valence-electron chi connectivity index (χ3n) is 3.32. The Morgan fingerprint density at radius 2 is 2.07 bits per heavy atom. The molecule has 1 amide bonds. The van der Waals surface area contributed by atoms with E-state index in [1.807, 2.05) is 13.8 Å². The van der Waals surface area contributed by atoms with Gasteiger partial charge in [0.2, 0.25) is 5.91 Å². The van der Waals surface area contributed by atoms with E-state index >= 15 is 0 Å². The number of rotatable bonds is 3. The van der Waals surface area contributed by atoms with Crippen LogP contribution in [0.1, 0.15) is 33.1 Å². The zero-order chi connectivity index (χ0) is 11.4. The normalized spacial score (nSPS) is 22.5. The van der Waals surface area contributed by atoms with Crippen molar-refractivity contribution in [1.29, 1.82) is 0 Å². The molecule has 1 saturated heterocycles. The summed E-state index contributed by atoms with van der Waals surface area (Å²) < 4.78 is 0. The van der Waals surface area contributed by atoms with Crippen molar-refractivity contribution in [1.82, 2.24) is 4.90 Å². The molecule has 1 aliphatic rings. The number of nitrogens with zero attached hydrogens (tertiary/aromatic N) is 1. The van der Waals surface area contributed by atoms with Gasteiger partial charge in [0.05, 0.1) is 12.1 Å². The molecule has 0 spiro atoms. The monoisotopic (exact) mass is 214 g/mol. The van der Waals surface area contributed by atoms with Crippen LogP contribution in [-0.2, 0) is 4.79 Å². The Hall–Kier alpha value is -0.610. The summed E-state index contributed by atoms with van der Waals surface area (Å²) in [5.74, 6) is 0.264. The van der Waals surface area contributed by atoms with Crippen molar-refractivity contribution in [3.63, 3.8) is 0 Å². The highest BCUT2D eigenvalue weighted by Crippen LogP contribution is 2.14. The van der Waals surface area contributed by atoms with Gasteiger partial charge in [0.1, 0.15) is 0 Å². The predicted molar refractivity (Wildman–Crippen MR) is 59.3 cm³/mol. The quantitative estimate of drug-likeness (QED) is 0.712. The van der Waals surface area contributed by atoms with E-state index in [1.54, 1.807) is 4.90 Å². The van der Waals surface area contributed by atoms with Crippen LogP contribution in [0.3, 0.4) is 0 Å². The second kappa shape index (κ2) is 5.47.